The van der Waals surface area contributed by atoms with Gasteiger partial charge in [-0.05, 0) is 31.1 Å². The largest absolute Gasteiger partial charge is 0.497 e. The van der Waals surface area contributed by atoms with Gasteiger partial charge in [-0.1, -0.05) is 13.8 Å². The van der Waals surface area contributed by atoms with Crippen LogP contribution in [0.4, 0.5) is 0 Å². The molecule has 1 aromatic rings. The van der Waals surface area contributed by atoms with E-state index in [2.05, 4.69) is 0 Å². The molecule has 1 heterocycles. The van der Waals surface area contributed by atoms with E-state index < -0.39 is 5.97 Å². The maximum Gasteiger partial charge on any atom is 0.340 e. The first-order valence-electron chi connectivity index (χ1n) is 8.39. The summed E-state index contributed by atoms with van der Waals surface area (Å²) >= 11 is 0. The van der Waals surface area contributed by atoms with Gasteiger partial charge in [0.15, 0.2) is 0 Å². The quantitative estimate of drug-likeness (QED) is 0.577. The van der Waals surface area contributed by atoms with Gasteiger partial charge in [0.1, 0.15) is 11.5 Å². The number of benzene rings is 1. The third-order valence-electron chi connectivity index (χ3n) is 4.19. The Balaban J connectivity index is 2.57. The Hall–Kier alpha value is -2.76. The highest BCUT2D eigenvalue weighted by atomic mass is 16.5. The Kier molecular flexibility index (Phi) is 6.08. The molecule has 6 heteroatoms. The van der Waals surface area contributed by atoms with Crippen molar-refractivity contribution in [2.24, 2.45) is 5.92 Å². The van der Waals surface area contributed by atoms with Gasteiger partial charge in [-0.3, -0.25) is 4.79 Å². The summed E-state index contributed by atoms with van der Waals surface area (Å²) in [5.74, 6) is 0.718. The van der Waals surface area contributed by atoms with Gasteiger partial charge < -0.3 is 19.1 Å². The highest BCUT2D eigenvalue weighted by molar-refractivity contribution is 6.16. The van der Waals surface area contributed by atoms with E-state index >= 15 is 0 Å². The number of allylic oxidation sites excluding steroid dienone is 1. The summed E-state index contributed by atoms with van der Waals surface area (Å²) in [7, 11) is 4.42. The predicted octanol–water partition coefficient (Wildman–Crippen LogP) is 3.03. The average molecular weight is 359 g/mol. The van der Waals surface area contributed by atoms with Crippen molar-refractivity contribution in [3.8, 4) is 11.5 Å². The number of amides is 1. The van der Waals surface area contributed by atoms with Gasteiger partial charge in [-0.15, -0.1) is 0 Å². The zero-order valence-corrected chi connectivity index (χ0v) is 16.1. The Bertz CT molecular complexity index is 776. The number of methoxy groups -OCH3 is 3. The highest BCUT2D eigenvalue weighted by Gasteiger charge is 2.37. The standard InChI is InChI=1S/C20H25NO5/c1-12(2)11-21-13(3)18(20(23)26-6)16(19(21)22)9-14-7-8-15(24-4)10-17(14)25-5/h7-10,12H,11H2,1-6H3. The third kappa shape index (κ3) is 3.74. The maximum absolute atomic E-state index is 13.0. The van der Waals surface area contributed by atoms with Crippen molar-refractivity contribution in [3.05, 3.63) is 40.6 Å². The molecule has 1 aliphatic rings. The fourth-order valence-electron chi connectivity index (χ4n) is 2.91. The lowest BCUT2D eigenvalue weighted by atomic mass is 10.0. The first-order valence-corrected chi connectivity index (χ1v) is 8.39. The van der Waals surface area contributed by atoms with Crippen molar-refractivity contribution >= 4 is 18.0 Å². The monoisotopic (exact) mass is 359 g/mol. The molecule has 0 unspecified atom stereocenters. The minimum atomic E-state index is -0.527. The second-order valence-electron chi connectivity index (χ2n) is 6.43. The molecule has 26 heavy (non-hydrogen) atoms. The van der Waals surface area contributed by atoms with Gasteiger partial charge in [-0.25, -0.2) is 4.79 Å². The molecule has 2 rings (SSSR count). The molecule has 0 aliphatic carbocycles. The summed E-state index contributed by atoms with van der Waals surface area (Å²) in [6, 6.07) is 5.29. The lowest BCUT2D eigenvalue weighted by molar-refractivity contribution is -0.136. The molecule has 0 saturated heterocycles. The zero-order valence-electron chi connectivity index (χ0n) is 16.1. The van der Waals surface area contributed by atoms with Gasteiger partial charge in [-0.2, -0.15) is 0 Å². The fourth-order valence-corrected chi connectivity index (χ4v) is 2.91. The van der Waals surface area contributed by atoms with Gasteiger partial charge in [0.05, 0.1) is 32.5 Å². The summed E-state index contributed by atoms with van der Waals surface area (Å²) in [5, 5.41) is 0. The van der Waals surface area contributed by atoms with E-state index in [9.17, 15) is 9.59 Å². The van der Waals surface area contributed by atoms with Crippen LogP contribution in [0.1, 0.15) is 26.3 Å². The summed E-state index contributed by atoms with van der Waals surface area (Å²) < 4.78 is 15.5. The summed E-state index contributed by atoms with van der Waals surface area (Å²) in [5.41, 5.74) is 1.88. The minimum absolute atomic E-state index is 0.213. The first kappa shape index (κ1) is 19.6. The zero-order chi connectivity index (χ0) is 19.4. The Morgan fingerprint density at radius 3 is 2.42 bits per heavy atom. The molecule has 1 aliphatic heterocycles. The van der Waals surface area contributed by atoms with Crippen LogP contribution in [0.15, 0.2) is 35.0 Å². The van der Waals surface area contributed by atoms with E-state index in [-0.39, 0.29) is 17.4 Å². The highest BCUT2D eigenvalue weighted by Crippen LogP contribution is 2.34. The first-order chi connectivity index (χ1) is 12.3. The second-order valence-corrected chi connectivity index (χ2v) is 6.43. The van der Waals surface area contributed by atoms with Crippen LogP contribution in [-0.2, 0) is 14.3 Å². The third-order valence-corrected chi connectivity index (χ3v) is 4.19. The molecular weight excluding hydrogens is 334 g/mol. The number of hydrogen-bond acceptors (Lipinski definition) is 5. The van der Waals surface area contributed by atoms with Crippen LogP contribution in [0.2, 0.25) is 0 Å². The lowest BCUT2D eigenvalue weighted by Gasteiger charge is -2.20. The summed E-state index contributed by atoms with van der Waals surface area (Å²) in [6.07, 6.45) is 1.66. The number of carbonyl (C=O) groups excluding carboxylic acids is 2. The molecule has 6 nitrogen and oxygen atoms in total. The summed E-state index contributed by atoms with van der Waals surface area (Å²) in [6.45, 7) is 6.33. The van der Waals surface area contributed by atoms with E-state index in [0.29, 0.717) is 34.9 Å². The average Bonchev–Trinajstić information content (AvgIpc) is 2.85. The minimum Gasteiger partial charge on any atom is -0.497 e. The van der Waals surface area contributed by atoms with E-state index in [1.807, 2.05) is 13.8 Å². The molecule has 0 bridgehead atoms. The molecule has 0 atom stereocenters. The Labute approximate surface area is 154 Å². The van der Waals surface area contributed by atoms with E-state index in [4.69, 9.17) is 14.2 Å². The molecule has 0 N–H and O–H groups in total. The van der Waals surface area contributed by atoms with Crippen molar-refractivity contribution in [2.45, 2.75) is 20.8 Å². The van der Waals surface area contributed by atoms with Crippen molar-refractivity contribution in [2.75, 3.05) is 27.9 Å². The van der Waals surface area contributed by atoms with E-state index in [0.717, 1.165) is 0 Å². The van der Waals surface area contributed by atoms with Crippen molar-refractivity contribution in [1.82, 2.24) is 4.90 Å². The van der Waals surface area contributed by atoms with Crippen LogP contribution in [0.5, 0.6) is 11.5 Å². The molecule has 0 spiro atoms. The van der Waals surface area contributed by atoms with Crippen LogP contribution in [-0.4, -0.2) is 44.7 Å². The Morgan fingerprint density at radius 1 is 1.19 bits per heavy atom. The topological polar surface area (TPSA) is 65.1 Å². The molecule has 0 fully saturated rings. The lowest BCUT2D eigenvalue weighted by Crippen LogP contribution is -2.28. The van der Waals surface area contributed by atoms with Crippen LogP contribution in [0.3, 0.4) is 0 Å². The second kappa shape index (κ2) is 8.08. The number of rotatable bonds is 6. The SMILES string of the molecule is COC(=O)C1=C(C)N(CC(C)C)C(=O)C1=Cc1ccc(OC)cc1OC. The number of esters is 1. The van der Waals surface area contributed by atoms with Crippen molar-refractivity contribution in [1.29, 1.82) is 0 Å². The molecule has 0 saturated carbocycles. The molecule has 0 radical (unpaired) electrons. The molecule has 1 aromatic carbocycles. The molecule has 1 amide bonds. The van der Waals surface area contributed by atoms with E-state index in [1.54, 1.807) is 50.3 Å². The van der Waals surface area contributed by atoms with E-state index in [1.165, 1.54) is 7.11 Å². The molecule has 140 valence electrons. The normalized spacial score (nSPS) is 15.9. The predicted molar refractivity (Wildman–Crippen MR) is 98.8 cm³/mol. The van der Waals surface area contributed by atoms with Gasteiger partial charge in [0.25, 0.3) is 5.91 Å². The molecule has 0 aromatic heterocycles. The van der Waals surface area contributed by atoms with Gasteiger partial charge in [0, 0.05) is 23.9 Å². The fraction of sp³-hybridized carbons (Fsp3) is 0.400. The number of carbonyl (C=O) groups is 2. The Morgan fingerprint density at radius 2 is 1.88 bits per heavy atom. The number of hydrogen-bond donors (Lipinski definition) is 0. The van der Waals surface area contributed by atoms with Crippen LogP contribution >= 0.6 is 0 Å². The van der Waals surface area contributed by atoms with Crippen molar-refractivity contribution in [3.63, 3.8) is 0 Å². The van der Waals surface area contributed by atoms with Crippen LogP contribution < -0.4 is 9.47 Å². The van der Waals surface area contributed by atoms with Gasteiger partial charge >= 0.3 is 5.97 Å². The molecular formula is C20H25NO5. The smallest absolute Gasteiger partial charge is 0.340 e. The van der Waals surface area contributed by atoms with Gasteiger partial charge in [0.2, 0.25) is 0 Å². The van der Waals surface area contributed by atoms with Crippen LogP contribution in [0, 0.1) is 5.92 Å². The maximum atomic E-state index is 13.0. The van der Waals surface area contributed by atoms with Crippen molar-refractivity contribution < 1.29 is 23.8 Å². The number of nitrogens with zero attached hydrogens (tertiary/aromatic N) is 1. The van der Waals surface area contributed by atoms with Crippen LogP contribution in [0.25, 0.3) is 6.08 Å². The number of ether oxygens (including phenoxy) is 3. The summed E-state index contributed by atoms with van der Waals surface area (Å²) in [4.78, 5) is 26.9.